The molecule has 0 saturated heterocycles. The summed E-state index contributed by atoms with van der Waals surface area (Å²) in [4.78, 5) is 31.5. The minimum atomic E-state index is -0.584. The van der Waals surface area contributed by atoms with Crippen LogP contribution in [0.3, 0.4) is 0 Å². The molecule has 0 spiro atoms. The maximum absolute atomic E-state index is 12.5. The average molecular weight is 369 g/mol. The van der Waals surface area contributed by atoms with Crippen molar-refractivity contribution in [2.45, 2.75) is 25.8 Å². The Labute approximate surface area is 157 Å². The minimum absolute atomic E-state index is 0.0732. The molecule has 5 N–H and O–H groups in total. The number of hydrogen-bond acceptors (Lipinski definition) is 5. The van der Waals surface area contributed by atoms with Crippen LogP contribution in [0.15, 0.2) is 36.5 Å². The van der Waals surface area contributed by atoms with Crippen molar-refractivity contribution in [1.29, 1.82) is 0 Å². The second-order valence-corrected chi connectivity index (χ2v) is 6.56. The van der Waals surface area contributed by atoms with Crippen LogP contribution in [-0.2, 0) is 9.53 Å². The van der Waals surface area contributed by atoms with E-state index in [0.717, 1.165) is 11.3 Å². The molecule has 142 valence electrons. The second kappa shape index (κ2) is 8.05. The van der Waals surface area contributed by atoms with Crippen LogP contribution >= 0.6 is 0 Å². The van der Waals surface area contributed by atoms with Crippen LogP contribution in [0.25, 0.3) is 11.3 Å². The number of fused-ring (bicyclic) bond motifs is 4. The van der Waals surface area contributed by atoms with Crippen molar-refractivity contribution >= 4 is 23.4 Å². The first-order valence-corrected chi connectivity index (χ1v) is 8.72. The number of nitrogens with two attached hydrogens (primary N) is 1. The number of methoxy groups -OCH3 is 1. The number of anilines is 2. The lowest BCUT2D eigenvalue weighted by molar-refractivity contribution is -0.116. The Morgan fingerprint density at radius 2 is 2.22 bits per heavy atom. The number of aromatic amines is 1. The number of carbonyl (C=O) groups is 2. The summed E-state index contributed by atoms with van der Waals surface area (Å²) in [6, 6.07) is 4.95. The second-order valence-electron chi connectivity index (χ2n) is 6.56. The topological polar surface area (TPSA) is 122 Å². The highest BCUT2D eigenvalue weighted by Crippen LogP contribution is 2.31. The van der Waals surface area contributed by atoms with Gasteiger partial charge in [0.15, 0.2) is 0 Å². The SMILES string of the molecule is COC(=O)Nc1ccc2c(c1)NC(=O)CC(C)/C=C/CC(N)c1ncc-2[nH]1. The van der Waals surface area contributed by atoms with Gasteiger partial charge >= 0.3 is 6.09 Å². The molecule has 3 rings (SSSR count). The Morgan fingerprint density at radius 1 is 1.41 bits per heavy atom. The summed E-state index contributed by atoms with van der Waals surface area (Å²) in [6.07, 6.45) is 6.04. The van der Waals surface area contributed by atoms with Crippen LogP contribution in [-0.4, -0.2) is 29.1 Å². The standard InChI is InChI=1S/C19H23N5O3/c1-11-4-3-5-14(20)18-21-10-16(24-18)13-7-6-12(22-19(26)27-2)9-15(13)23-17(25)8-11/h3-4,6-7,9-11,14H,5,8,20H2,1-2H3,(H,21,24)(H,22,26)(H,23,25)/b4-3+. The summed E-state index contributed by atoms with van der Waals surface area (Å²) in [5.74, 6) is 0.631. The van der Waals surface area contributed by atoms with E-state index in [2.05, 4.69) is 25.3 Å². The van der Waals surface area contributed by atoms with Crippen molar-refractivity contribution in [3.05, 3.63) is 42.4 Å². The van der Waals surface area contributed by atoms with Crippen LogP contribution in [0.4, 0.5) is 16.2 Å². The highest BCUT2D eigenvalue weighted by molar-refractivity contribution is 5.97. The van der Waals surface area contributed by atoms with Gasteiger partial charge in [-0.2, -0.15) is 0 Å². The van der Waals surface area contributed by atoms with Gasteiger partial charge in [0, 0.05) is 17.7 Å². The normalized spacial score (nSPS) is 20.9. The molecule has 1 aromatic carbocycles. The third kappa shape index (κ3) is 4.53. The lowest BCUT2D eigenvalue weighted by atomic mass is 10.0. The molecular formula is C19H23N5O3. The number of carbonyl (C=O) groups excluding carboxylic acids is 2. The van der Waals surface area contributed by atoms with E-state index in [0.29, 0.717) is 30.0 Å². The number of ether oxygens (including phenoxy) is 1. The number of amides is 2. The molecule has 1 aliphatic rings. The molecule has 0 saturated carbocycles. The quantitative estimate of drug-likeness (QED) is 0.575. The molecule has 2 heterocycles. The molecule has 2 atom stereocenters. The highest BCUT2D eigenvalue weighted by atomic mass is 16.5. The van der Waals surface area contributed by atoms with Crippen molar-refractivity contribution in [3.63, 3.8) is 0 Å². The van der Waals surface area contributed by atoms with Crippen LogP contribution < -0.4 is 16.4 Å². The number of nitrogens with one attached hydrogen (secondary N) is 3. The highest BCUT2D eigenvalue weighted by Gasteiger charge is 2.17. The van der Waals surface area contributed by atoms with Crippen LogP contribution in [0.1, 0.15) is 31.6 Å². The Balaban J connectivity index is 2.02. The van der Waals surface area contributed by atoms with Crippen molar-refractivity contribution in [2.24, 2.45) is 11.7 Å². The summed E-state index contributed by atoms with van der Waals surface area (Å²) >= 11 is 0. The predicted octanol–water partition coefficient (Wildman–Crippen LogP) is 3.18. The summed E-state index contributed by atoms with van der Waals surface area (Å²) < 4.78 is 4.62. The summed E-state index contributed by atoms with van der Waals surface area (Å²) in [5, 5.41) is 5.53. The molecule has 1 aromatic heterocycles. The smallest absolute Gasteiger partial charge is 0.411 e. The van der Waals surface area contributed by atoms with E-state index in [-0.39, 0.29) is 17.9 Å². The van der Waals surface area contributed by atoms with Gasteiger partial charge in [0.05, 0.1) is 30.7 Å². The Morgan fingerprint density at radius 3 is 3.00 bits per heavy atom. The fourth-order valence-corrected chi connectivity index (χ4v) is 2.92. The summed E-state index contributed by atoms with van der Waals surface area (Å²) in [7, 11) is 1.29. The van der Waals surface area contributed by atoms with Gasteiger partial charge in [0.1, 0.15) is 5.82 Å². The zero-order chi connectivity index (χ0) is 19.4. The molecular weight excluding hydrogens is 346 g/mol. The van der Waals surface area contributed by atoms with E-state index in [9.17, 15) is 9.59 Å². The molecule has 2 amide bonds. The van der Waals surface area contributed by atoms with E-state index in [4.69, 9.17) is 5.73 Å². The number of H-pyrrole nitrogens is 1. The maximum atomic E-state index is 12.5. The van der Waals surface area contributed by atoms with E-state index in [1.165, 1.54) is 7.11 Å². The number of benzene rings is 1. The van der Waals surface area contributed by atoms with Gasteiger partial charge in [0.25, 0.3) is 0 Å². The third-order valence-electron chi connectivity index (χ3n) is 4.32. The number of aromatic nitrogens is 2. The Kier molecular flexibility index (Phi) is 5.56. The van der Waals surface area contributed by atoms with Gasteiger partial charge in [-0.3, -0.25) is 10.1 Å². The molecule has 27 heavy (non-hydrogen) atoms. The van der Waals surface area contributed by atoms with E-state index < -0.39 is 6.09 Å². The fraction of sp³-hybridized carbons (Fsp3) is 0.316. The van der Waals surface area contributed by atoms with E-state index >= 15 is 0 Å². The average Bonchev–Trinajstić information content (AvgIpc) is 3.11. The van der Waals surface area contributed by atoms with Gasteiger partial charge in [-0.05, 0) is 30.5 Å². The maximum Gasteiger partial charge on any atom is 0.411 e. The first-order valence-electron chi connectivity index (χ1n) is 8.72. The van der Waals surface area contributed by atoms with Gasteiger partial charge < -0.3 is 20.8 Å². The summed E-state index contributed by atoms with van der Waals surface area (Å²) in [5.41, 5.74) is 8.76. The zero-order valence-corrected chi connectivity index (χ0v) is 15.3. The van der Waals surface area contributed by atoms with Gasteiger partial charge in [-0.15, -0.1) is 0 Å². The molecule has 0 fully saturated rings. The monoisotopic (exact) mass is 369 g/mol. The molecule has 1 aliphatic heterocycles. The molecule has 2 unspecified atom stereocenters. The zero-order valence-electron chi connectivity index (χ0n) is 15.3. The van der Waals surface area contributed by atoms with Crippen LogP contribution in [0.5, 0.6) is 0 Å². The third-order valence-corrected chi connectivity index (χ3v) is 4.32. The van der Waals surface area contributed by atoms with E-state index in [1.54, 1.807) is 24.4 Å². The van der Waals surface area contributed by atoms with Gasteiger partial charge in [-0.1, -0.05) is 19.1 Å². The molecule has 2 aromatic rings. The van der Waals surface area contributed by atoms with Crippen LogP contribution in [0, 0.1) is 5.92 Å². The molecule has 8 heteroatoms. The molecule has 8 nitrogen and oxygen atoms in total. The van der Waals surface area contributed by atoms with Gasteiger partial charge in [-0.25, -0.2) is 9.78 Å². The largest absolute Gasteiger partial charge is 0.453 e. The number of rotatable bonds is 1. The predicted molar refractivity (Wildman–Crippen MR) is 103 cm³/mol. The number of imidazole rings is 1. The lowest BCUT2D eigenvalue weighted by Gasteiger charge is -2.14. The fourth-order valence-electron chi connectivity index (χ4n) is 2.92. The van der Waals surface area contributed by atoms with Crippen molar-refractivity contribution in [2.75, 3.05) is 17.7 Å². The first kappa shape index (κ1) is 18.7. The van der Waals surface area contributed by atoms with Crippen LogP contribution in [0.2, 0.25) is 0 Å². The Bertz CT molecular complexity index is 874. The number of hydrogen-bond donors (Lipinski definition) is 4. The minimum Gasteiger partial charge on any atom is -0.453 e. The lowest BCUT2D eigenvalue weighted by Crippen LogP contribution is -2.16. The first-order chi connectivity index (χ1) is 13.0. The van der Waals surface area contributed by atoms with E-state index in [1.807, 2.05) is 19.1 Å². The van der Waals surface area contributed by atoms with Gasteiger partial charge in [0.2, 0.25) is 5.91 Å². The summed E-state index contributed by atoms with van der Waals surface area (Å²) in [6.45, 7) is 1.97. The molecule has 2 bridgehead atoms. The number of allylic oxidation sites excluding steroid dienone is 1. The number of nitrogens with zero attached hydrogens (tertiary/aromatic N) is 1. The van der Waals surface area contributed by atoms with Crippen molar-refractivity contribution < 1.29 is 14.3 Å². The molecule has 0 aliphatic carbocycles. The van der Waals surface area contributed by atoms with Crippen molar-refractivity contribution in [1.82, 2.24) is 9.97 Å². The van der Waals surface area contributed by atoms with Crippen molar-refractivity contribution in [3.8, 4) is 11.3 Å². The Hall–Kier alpha value is -3.13. The molecule has 0 radical (unpaired) electrons.